The molecule has 0 spiro atoms. The zero-order valence-electron chi connectivity index (χ0n) is 9.57. The molecule has 0 aliphatic rings. The van der Waals surface area contributed by atoms with Crippen LogP contribution >= 0.6 is 15.9 Å². The Balaban J connectivity index is 2.54. The number of rotatable bonds is 3. The average Bonchev–Trinajstić information content (AvgIpc) is 2.32. The van der Waals surface area contributed by atoms with Crippen molar-refractivity contribution in [1.82, 2.24) is 4.98 Å². The van der Waals surface area contributed by atoms with Gasteiger partial charge in [-0.05, 0) is 38.1 Å². The van der Waals surface area contributed by atoms with Crippen molar-refractivity contribution in [3.8, 4) is 0 Å². The number of anilines is 1. The Labute approximate surface area is 104 Å². The quantitative estimate of drug-likeness (QED) is 0.848. The maximum Gasteiger partial charge on any atom is 0.0714 e. The van der Waals surface area contributed by atoms with Crippen molar-refractivity contribution in [2.45, 2.75) is 13.8 Å². The van der Waals surface area contributed by atoms with Crippen LogP contribution in [0.15, 0.2) is 34.9 Å². The molecular formula is C13H15BrN2. The maximum atomic E-state index is 4.35. The second kappa shape index (κ2) is 4.83. The van der Waals surface area contributed by atoms with Gasteiger partial charge in [-0.1, -0.05) is 15.9 Å². The normalized spacial score (nSPS) is 10.7. The molecule has 16 heavy (non-hydrogen) atoms. The zero-order valence-corrected chi connectivity index (χ0v) is 11.2. The second-order valence-corrected chi connectivity index (χ2v) is 4.52. The molecule has 0 amide bonds. The van der Waals surface area contributed by atoms with E-state index in [1.165, 1.54) is 11.1 Å². The van der Waals surface area contributed by atoms with Crippen molar-refractivity contribution in [3.05, 3.63) is 34.9 Å². The van der Waals surface area contributed by atoms with Crippen LogP contribution in [0.4, 0.5) is 5.69 Å². The van der Waals surface area contributed by atoms with Crippen molar-refractivity contribution < 1.29 is 0 Å². The number of hydrogen-bond acceptors (Lipinski definition) is 2. The van der Waals surface area contributed by atoms with E-state index >= 15 is 0 Å². The highest BCUT2D eigenvalue weighted by molar-refractivity contribution is 9.10. The third kappa shape index (κ3) is 2.05. The molecule has 0 atom stereocenters. The molecule has 1 aromatic carbocycles. The average molecular weight is 279 g/mol. The number of benzene rings is 1. The van der Waals surface area contributed by atoms with Crippen LogP contribution in [0.5, 0.6) is 0 Å². The first-order chi connectivity index (χ1) is 7.76. The van der Waals surface area contributed by atoms with Crippen molar-refractivity contribution in [3.63, 3.8) is 0 Å². The van der Waals surface area contributed by atoms with Gasteiger partial charge in [-0.3, -0.25) is 4.98 Å². The van der Waals surface area contributed by atoms with E-state index in [0.717, 1.165) is 23.1 Å². The van der Waals surface area contributed by atoms with Gasteiger partial charge in [0, 0.05) is 34.8 Å². The van der Waals surface area contributed by atoms with Gasteiger partial charge in [-0.15, -0.1) is 0 Å². The van der Waals surface area contributed by atoms with Crippen LogP contribution in [0, 0.1) is 0 Å². The lowest BCUT2D eigenvalue weighted by Gasteiger charge is -2.21. The van der Waals surface area contributed by atoms with Gasteiger partial charge in [-0.25, -0.2) is 0 Å². The van der Waals surface area contributed by atoms with Crippen LogP contribution in [-0.2, 0) is 0 Å². The third-order valence-electron chi connectivity index (χ3n) is 2.80. The molecule has 0 saturated heterocycles. The summed E-state index contributed by atoms with van der Waals surface area (Å²) in [5.41, 5.74) is 2.29. The summed E-state index contributed by atoms with van der Waals surface area (Å²) < 4.78 is 1.10. The maximum absolute atomic E-state index is 4.35. The van der Waals surface area contributed by atoms with Gasteiger partial charge in [0.2, 0.25) is 0 Å². The Morgan fingerprint density at radius 2 is 1.94 bits per heavy atom. The molecule has 2 aromatic rings. The van der Waals surface area contributed by atoms with Gasteiger partial charge in [0.05, 0.1) is 5.52 Å². The summed E-state index contributed by atoms with van der Waals surface area (Å²) in [6, 6.07) is 8.39. The molecule has 3 heteroatoms. The van der Waals surface area contributed by atoms with Crippen LogP contribution in [-0.4, -0.2) is 18.1 Å². The fourth-order valence-electron chi connectivity index (χ4n) is 1.89. The van der Waals surface area contributed by atoms with Gasteiger partial charge in [0.1, 0.15) is 0 Å². The molecule has 0 aliphatic carbocycles. The monoisotopic (exact) mass is 278 g/mol. The van der Waals surface area contributed by atoms with E-state index in [-0.39, 0.29) is 0 Å². The predicted octanol–water partition coefficient (Wildman–Crippen LogP) is 3.84. The molecule has 0 unspecified atom stereocenters. The molecule has 2 rings (SSSR count). The number of aromatic nitrogens is 1. The fraction of sp³-hybridized carbons (Fsp3) is 0.308. The Morgan fingerprint density at radius 1 is 1.19 bits per heavy atom. The Hall–Kier alpha value is -1.09. The van der Waals surface area contributed by atoms with E-state index in [9.17, 15) is 0 Å². The molecule has 0 radical (unpaired) electrons. The van der Waals surface area contributed by atoms with Crippen LogP contribution < -0.4 is 4.90 Å². The standard InChI is InChI=1S/C13H15BrN2/c1-3-16(4-2)10-5-6-13-11(9-10)12(14)7-8-15-13/h5-9H,3-4H2,1-2H3. The summed E-state index contributed by atoms with van der Waals surface area (Å²) in [4.78, 5) is 6.68. The minimum Gasteiger partial charge on any atom is -0.372 e. The van der Waals surface area contributed by atoms with Crippen LogP contribution in [0.1, 0.15) is 13.8 Å². The molecule has 1 aromatic heterocycles. The second-order valence-electron chi connectivity index (χ2n) is 3.67. The predicted molar refractivity (Wildman–Crippen MR) is 73.0 cm³/mol. The highest BCUT2D eigenvalue weighted by atomic mass is 79.9. The van der Waals surface area contributed by atoms with E-state index in [0.29, 0.717) is 0 Å². The van der Waals surface area contributed by atoms with Gasteiger partial charge >= 0.3 is 0 Å². The van der Waals surface area contributed by atoms with E-state index in [1.807, 2.05) is 12.3 Å². The molecule has 0 fully saturated rings. The van der Waals surface area contributed by atoms with Crippen LogP contribution in [0.3, 0.4) is 0 Å². The summed E-state index contributed by atoms with van der Waals surface area (Å²) >= 11 is 3.57. The molecule has 0 saturated carbocycles. The van der Waals surface area contributed by atoms with Crippen LogP contribution in [0.2, 0.25) is 0 Å². The first-order valence-corrected chi connectivity index (χ1v) is 6.34. The number of nitrogens with zero attached hydrogens (tertiary/aromatic N) is 2. The van der Waals surface area contributed by atoms with Gasteiger partial charge in [0.15, 0.2) is 0 Å². The van der Waals surface area contributed by atoms with Gasteiger partial charge < -0.3 is 4.90 Å². The number of hydrogen-bond donors (Lipinski definition) is 0. The summed E-state index contributed by atoms with van der Waals surface area (Å²) in [7, 11) is 0. The summed E-state index contributed by atoms with van der Waals surface area (Å²) in [6.45, 7) is 6.40. The molecule has 84 valence electrons. The topological polar surface area (TPSA) is 16.1 Å². The smallest absolute Gasteiger partial charge is 0.0714 e. The first kappa shape index (κ1) is 11.4. The molecule has 0 N–H and O–H groups in total. The molecule has 0 bridgehead atoms. The number of halogens is 1. The molecule has 0 aliphatic heterocycles. The first-order valence-electron chi connectivity index (χ1n) is 5.55. The Bertz CT molecular complexity index is 492. The lowest BCUT2D eigenvalue weighted by Crippen LogP contribution is -2.21. The SMILES string of the molecule is CCN(CC)c1ccc2nccc(Br)c2c1. The lowest BCUT2D eigenvalue weighted by atomic mass is 10.2. The summed E-state index contributed by atoms with van der Waals surface area (Å²) in [5, 5.41) is 1.17. The van der Waals surface area contributed by atoms with E-state index in [4.69, 9.17) is 0 Å². The fourth-order valence-corrected chi connectivity index (χ4v) is 2.32. The third-order valence-corrected chi connectivity index (χ3v) is 3.49. The van der Waals surface area contributed by atoms with Crippen molar-refractivity contribution in [2.24, 2.45) is 0 Å². The molecule has 2 nitrogen and oxygen atoms in total. The molecule has 1 heterocycles. The van der Waals surface area contributed by atoms with E-state index in [2.05, 4.69) is 57.9 Å². The number of pyridine rings is 1. The van der Waals surface area contributed by atoms with Crippen molar-refractivity contribution >= 4 is 32.5 Å². The minimum atomic E-state index is 1.03. The van der Waals surface area contributed by atoms with Gasteiger partial charge in [-0.2, -0.15) is 0 Å². The van der Waals surface area contributed by atoms with Gasteiger partial charge in [0.25, 0.3) is 0 Å². The van der Waals surface area contributed by atoms with Crippen LogP contribution in [0.25, 0.3) is 10.9 Å². The highest BCUT2D eigenvalue weighted by Gasteiger charge is 2.05. The minimum absolute atomic E-state index is 1.03. The van der Waals surface area contributed by atoms with E-state index in [1.54, 1.807) is 0 Å². The zero-order chi connectivity index (χ0) is 11.5. The largest absolute Gasteiger partial charge is 0.372 e. The van der Waals surface area contributed by atoms with Crippen molar-refractivity contribution in [1.29, 1.82) is 0 Å². The molecular weight excluding hydrogens is 264 g/mol. The van der Waals surface area contributed by atoms with Crippen molar-refractivity contribution in [2.75, 3.05) is 18.0 Å². The highest BCUT2D eigenvalue weighted by Crippen LogP contribution is 2.26. The lowest BCUT2D eigenvalue weighted by molar-refractivity contribution is 0.867. The Morgan fingerprint density at radius 3 is 2.62 bits per heavy atom. The summed E-state index contributed by atoms with van der Waals surface area (Å²) in [5.74, 6) is 0. The van der Waals surface area contributed by atoms with E-state index < -0.39 is 0 Å². The Kier molecular flexibility index (Phi) is 3.44. The number of fused-ring (bicyclic) bond motifs is 1. The summed E-state index contributed by atoms with van der Waals surface area (Å²) in [6.07, 6.45) is 1.82.